The Balaban J connectivity index is 1.39. The van der Waals surface area contributed by atoms with Gasteiger partial charge in [-0.25, -0.2) is 14.2 Å². The zero-order valence-corrected chi connectivity index (χ0v) is 17.2. The Morgan fingerprint density at radius 1 is 1.03 bits per heavy atom. The van der Waals surface area contributed by atoms with Crippen LogP contribution in [0, 0.1) is 5.82 Å². The average molecular weight is 425 g/mol. The zero-order chi connectivity index (χ0) is 20.9. The number of hydrogen-bond acceptors (Lipinski definition) is 6. The summed E-state index contributed by atoms with van der Waals surface area (Å²) >= 11 is 1.47. The maximum atomic E-state index is 12.9. The van der Waals surface area contributed by atoms with Gasteiger partial charge in [-0.1, -0.05) is 13.3 Å². The molecule has 30 heavy (non-hydrogen) atoms. The molecular weight excluding hydrogens is 405 g/mol. The molecule has 0 saturated heterocycles. The minimum atomic E-state index is -0.353. The van der Waals surface area contributed by atoms with E-state index in [1.165, 1.54) is 23.5 Å². The largest absolute Gasteiger partial charge is 0.487 e. The molecule has 0 amide bonds. The Hall–Kier alpha value is -3.19. The fourth-order valence-electron chi connectivity index (χ4n) is 3.09. The number of fused-ring (bicyclic) bond motifs is 1. The first kappa shape index (κ1) is 20.1. The van der Waals surface area contributed by atoms with Crippen LogP contribution in [0.4, 0.5) is 4.39 Å². The molecule has 0 atom stereocenters. The Kier molecular flexibility index (Phi) is 6.09. The van der Waals surface area contributed by atoms with Crippen molar-refractivity contribution in [2.24, 2.45) is 0 Å². The van der Waals surface area contributed by atoms with E-state index in [0.29, 0.717) is 23.7 Å². The highest BCUT2D eigenvalue weighted by Gasteiger charge is 2.08. The van der Waals surface area contributed by atoms with Crippen LogP contribution in [-0.4, -0.2) is 4.98 Å². The fraction of sp³-hybridized carbons (Fsp3) is 0.217. The van der Waals surface area contributed by atoms with Crippen LogP contribution < -0.4 is 15.1 Å². The van der Waals surface area contributed by atoms with Crippen molar-refractivity contribution < 1.29 is 18.3 Å². The highest BCUT2D eigenvalue weighted by atomic mass is 32.1. The Morgan fingerprint density at radius 3 is 2.60 bits per heavy atom. The molecule has 0 fully saturated rings. The van der Waals surface area contributed by atoms with Gasteiger partial charge in [0.15, 0.2) is 0 Å². The smallest absolute Gasteiger partial charge is 0.336 e. The number of halogens is 1. The lowest BCUT2D eigenvalue weighted by atomic mass is 10.1. The average Bonchev–Trinajstić information content (AvgIpc) is 3.19. The molecule has 2 aromatic carbocycles. The fourth-order valence-corrected chi connectivity index (χ4v) is 3.78. The molecule has 4 aromatic rings. The standard InChI is InChI=1S/C23H20FNO4S/c1-2-3-15-10-23(26)29-21-11-19(8-9-20(15)21)27-12-17-14-30-22(25-17)13-28-18-6-4-16(24)5-7-18/h4-11,14H,2-3,12-13H2,1H3. The summed E-state index contributed by atoms with van der Waals surface area (Å²) in [5.74, 6) is 0.895. The van der Waals surface area contributed by atoms with Crippen molar-refractivity contribution in [3.63, 3.8) is 0 Å². The molecule has 0 bridgehead atoms. The molecular formula is C23H20FNO4S. The molecule has 0 radical (unpaired) electrons. The van der Waals surface area contributed by atoms with E-state index in [1.807, 2.05) is 17.5 Å². The predicted octanol–water partition coefficient (Wildman–Crippen LogP) is 5.50. The molecule has 2 heterocycles. The van der Waals surface area contributed by atoms with Crippen molar-refractivity contribution >= 4 is 22.3 Å². The highest BCUT2D eigenvalue weighted by molar-refractivity contribution is 7.09. The lowest BCUT2D eigenvalue weighted by Gasteiger charge is -2.07. The van der Waals surface area contributed by atoms with Gasteiger partial charge in [0.1, 0.15) is 41.1 Å². The molecule has 0 aliphatic carbocycles. The SMILES string of the molecule is CCCc1cc(=O)oc2cc(OCc3csc(COc4ccc(F)cc4)n3)ccc12. The maximum Gasteiger partial charge on any atom is 0.336 e. The van der Waals surface area contributed by atoms with Gasteiger partial charge in [-0.05, 0) is 48.4 Å². The van der Waals surface area contributed by atoms with Crippen LogP contribution >= 0.6 is 11.3 Å². The van der Waals surface area contributed by atoms with E-state index in [0.717, 1.165) is 34.5 Å². The summed E-state index contributed by atoms with van der Waals surface area (Å²) in [7, 11) is 0. The number of nitrogens with zero attached hydrogens (tertiary/aromatic N) is 1. The summed E-state index contributed by atoms with van der Waals surface area (Å²) in [4.78, 5) is 16.3. The molecule has 5 nitrogen and oxygen atoms in total. The molecule has 0 aliphatic rings. The summed E-state index contributed by atoms with van der Waals surface area (Å²) < 4.78 is 29.7. The number of aryl methyl sites for hydroxylation is 1. The van der Waals surface area contributed by atoms with Gasteiger partial charge in [0.25, 0.3) is 0 Å². The van der Waals surface area contributed by atoms with E-state index >= 15 is 0 Å². The lowest BCUT2D eigenvalue weighted by molar-refractivity contribution is 0.294. The summed E-state index contributed by atoms with van der Waals surface area (Å²) in [6.45, 7) is 2.67. The van der Waals surface area contributed by atoms with E-state index in [1.54, 1.807) is 24.3 Å². The van der Waals surface area contributed by atoms with Crippen molar-refractivity contribution in [3.05, 3.63) is 86.4 Å². The van der Waals surface area contributed by atoms with Crippen LogP contribution in [0.3, 0.4) is 0 Å². The molecule has 0 N–H and O–H groups in total. The molecule has 0 unspecified atom stereocenters. The second kappa shape index (κ2) is 9.09. The second-order valence-corrected chi connectivity index (χ2v) is 7.71. The molecule has 4 rings (SSSR count). The van der Waals surface area contributed by atoms with E-state index in [4.69, 9.17) is 13.9 Å². The zero-order valence-electron chi connectivity index (χ0n) is 16.4. The van der Waals surface area contributed by atoms with Crippen LogP contribution in [0.5, 0.6) is 11.5 Å². The maximum absolute atomic E-state index is 12.9. The Labute approximate surface area is 176 Å². The van der Waals surface area contributed by atoms with Crippen molar-refractivity contribution in [1.29, 1.82) is 0 Å². The van der Waals surface area contributed by atoms with Gasteiger partial charge in [0.05, 0.1) is 5.69 Å². The Bertz CT molecular complexity index is 1200. The number of thiazole rings is 1. The van der Waals surface area contributed by atoms with Gasteiger partial charge < -0.3 is 13.9 Å². The molecule has 0 spiro atoms. The van der Waals surface area contributed by atoms with Crippen molar-refractivity contribution in [3.8, 4) is 11.5 Å². The van der Waals surface area contributed by atoms with Gasteiger partial charge in [-0.3, -0.25) is 0 Å². The first-order chi connectivity index (χ1) is 14.6. The third-order valence-electron chi connectivity index (χ3n) is 4.48. The normalized spacial score (nSPS) is 11.0. The predicted molar refractivity (Wildman–Crippen MR) is 114 cm³/mol. The molecule has 7 heteroatoms. The third-order valence-corrected chi connectivity index (χ3v) is 5.35. The number of benzene rings is 2. The number of aromatic nitrogens is 1. The van der Waals surface area contributed by atoms with Gasteiger partial charge in [0.2, 0.25) is 0 Å². The summed E-state index contributed by atoms with van der Waals surface area (Å²) in [5.41, 5.74) is 1.93. The minimum absolute atomic E-state index is 0.289. The number of hydrogen-bond donors (Lipinski definition) is 0. The number of ether oxygens (including phenoxy) is 2. The van der Waals surface area contributed by atoms with Crippen LogP contribution in [0.25, 0.3) is 11.0 Å². The quantitative estimate of drug-likeness (QED) is 0.349. The van der Waals surface area contributed by atoms with E-state index in [9.17, 15) is 9.18 Å². The van der Waals surface area contributed by atoms with Gasteiger partial charge >= 0.3 is 5.63 Å². The summed E-state index contributed by atoms with van der Waals surface area (Å²) in [6.07, 6.45) is 1.78. The van der Waals surface area contributed by atoms with E-state index < -0.39 is 0 Å². The molecule has 0 aliphatic heterocycles. The minimum Gasteiger partial charge on any atom is -0.487 e. The van der Waals surface area contributed by atoms with Gasteiger partial charge in [-0.15, -0.1) is 11.3 Å². The summed E-state index contributed by atoms with van der Waals surface area (Å²) in [6, 6.07) is 12.9. The second-order valence-electron chi connectivity index (χ2n) is 6.76. The monoisotopic (exact) mass is 425 g/mol. The topological polar surface area (TPSA) is 61.6 Å². The highest BCUT2D eigenvalue weighted by Crippen LogP contribution is 2.24. The van der Waals surface area contributed by atoms with Crippen molar-refractivity contribution in [2.75, 3.05) is 0 Å². The molecule has 154 valence electrons. The van der Waals surface area contributed by atoms with Gasteiger partial charge in [0, 0.05) is 22.9 Å². The summed E-state index contributed by atoms with van der Waals surface area (Å²) in [5, 5.41) is 3.63. The third kappa shape index (κ3) is 4.86. The van der Waals surface area contributed by atoms with Crippen LogP contribution in [0.1, 0.15) is 29.6 Å². The van der Waals surface area contributed by atoms with Gasteiger partial charge in [-0.2, -0.15) is 0 Å². The lowest BCUT2D eigenvalue weighted by Crippen LogP contribution is -2.01. The van der Waals surface area contributed by atoms with E-state index in [-0.39, 0.29) is 18.0 Å². The molecule has 2 aromatic heterocycles. The van der Waals surface area contributed by atoms with Crippen molar-refractivity contribution in [1.82, 2.24) is 4.98 Å². The first-order valence-electron chi connectivity index (χ1n) is 9.62. The first-order valence-corrected chi connectivity index (χ1v) is 10.5. The Morgan fingerprint density at radius 2 is 1.80 bits per heavy atom. The van der Waals surface area contributed by atoms with E-state index in [2.05, 4.69) is 11.9 Å². The van der Waals surface area contributed by atoms with Crippen LogP contribution in [0.15, 0.2) is 63.1 Å². The van der Waals surface area contributed by atoms with Crippen LogP contribution in [0.2, 0.25) is 0 Å². The van der Waals surface area contributed by atoms with Crippen LogP contribution in [-0.2, 0) is 19.6 Å². The molecule has 0 saturated carbocycles. The van der Waals surface area contributed by atoms with Crippen molar-refractivity contribution in [2.45, 2.75) is 33.0 Å². The number of rotatable bonds is 8.